The summed E-state index contributed by atoms with van der Waals surface area (Å²) in [6, 6.07) is 15.9. The molecule has 110 valence electrons. The van der Waals surface area contributed by atoms with Crippen molar-refractivity contribution in [3.8, 4) is 0 Å². The summed E-state index contributed by atoms with van der Waals surface area (Å²) in [5.41, 5.74) is 3.85. The van der Waals surface area contributed by atoms with Gasteiger partial charge in [-0.3, -0.25) is 0 Å². The second-order valence-electron chi connectivity index (χ2n) is 5.73. The molecule has 0 amide bonds. The highest BCUT2D eigenvalue weighted by Crippen LogP contribution is 2.29. The van der Waals surface area contributed by atoms with Crippen molar-refractivity contribution in [2.75, 3.05) is 6.54 Å². The lowest BCUT2D eigenvalue weighted by Crippen LogP contribution is -2.20. The smallest absolute Gasteiger partial charge is 0.0465 e. The molecule has 0 fully saturated rings. The molecule has 0 aliphatic rings. The van der Waals surface area contributed by atoms with Crippen LogP contribution in [0.4, 0.5) is 0 Å². The van der Waals surface area contributed by atoms with E-state index in [9.17, 15) is 0 Å². The number of benzene rings is 2. The van der Waals surface area contributed by atoms with Gasteiger partial charge in [0.15, 0.2) is 0 Å². The Morgan fingerprint density at radius 1 is 1.00 bits per heavy atom. The molecule has 0 saturated carbocycles. The lowest BCUT2D eigenvalue weighted by molar-refractivity contribution is 0.495. The molecular weight excluding hydrogens is 256 g/mol. The Hall–Kier alpha value is -1.80. The normalized spacial score (nSPS) is 13.0. The first kappa shape index (κ1) is 14.2. The van der Waals surface area contributed by atoms with Crippen molar-refractivity contribution in [1.82, 2.24) is 10.3 Å². The van der Waals surface area contributed by atoms with Gasteiger partial charge in [0.05, 0.1) is 0 Å². The second kappa shape index (κ2) is 6.31. The molecule has 0 spiro atoms. The molecule has 0 aliphatic carbocycles. The van der Waals surface area contributed by atoms with Gasteiger partial charge in [0.2, 0.25) is 0 Å². The van der Waals surface area contributed by atoms with Gasteiger partial charge in [0.1, 0.15) is 0 Å². The molecule has 3 rings (SSSR count). The quantitative estimate of drug-likeness (QED) is 0.641. The number of aromatic amines is 1. The first-order chi connectivity index (χ1) is 10.3. The number of unbranched alkanes of at least 4 members (excludes halogenated alkanes) is 1. The van der Waals surface area contributed by atoms with E-state index < -0.39 is 0 Å². The zero-order valence-corrected chi connectivity index (χ0v) is 12.9. The van der Waals surface area contributed by atoms with E-state index in [1.54, 1.807) is 0 Å². The van der Waals surface area contributed by atoms with Gasteiger partial charge < -0.3 is 10.3 Å². The van der Waals surface area contributed by atoms with Crippen LogP contribution in [0.1, 0.15) is 44.7 Å². The number of H-pyrrole nitrogens is 1. The minimum Gasteiger partial charge on any atom is -0.355 e. The molecule has 2 aromatic carbocycles. The summed E-state index contributed by atoms with van der Waals surface area (Å²) in [6.07, 6.45) is 3.72. The lowest BCUT2D eigenvalue weighted by Gasteiger charge is -2.18. The van der Waals surface area contributed by atoms with Crippen molar-refractivity contribution in [2.45, 2.75) is 39.2 Å². The molecular formula is C19H24N2. The van der Waals surface area contributed by atoms with E-state index in [0.29, 0.717) is 6.04 Å². The summed E-state index contributed by atoms with van der Waals surface area (Å²) < 4.78 is 0. The molecule has 0 saturated heterocycles. The van der Waals surface area contributed by atoms with Crippen LogP contribution in [-0.4, -0.2) is 11.5 Å². The maximum atomic E-state index is 3.63. The fourth-order valence-electron chi connectivity index (χ4n) is 3.12. The summed E-state index contributed by atoms with van der Waals surface area (Å²) in [5, 5.41) is 6.28. The van der Waals surface area contributed by atoms with Gasteiger partial charge >= 0.3 is 0 Å². The molecule has 3 aromatic rings. The number of para-hydroxylation sites is 1. The SMILES string of the molecule is CCCCC(NCC)c1ccc2[nH]c3ccccc3c2c1. The van der Waals surface area contributed by atoms with E-state index in [1.165, 1.54) is 46.6 Å². The highest BCUT2D eigenvalue weighted by atomic mass is 14.9. The average Bonchev–Trinajstić information content (AvgIpc) is 2.89. The molecule has 1 atom stereocenters. The minimum absolute atomic E-state index is 0.466. The largest absolute Gasteiger partial charge is 0.355 e. The van der Waals surface area contributed by atoms with Gasteiger partial charge in [-0.05, 0) is 36.7 Å². The van der Waals surface area contributed by atoms with Crippen molar-refractivity contribution in [3.05, 3.63) is 48.0 Å². The highest BCUT2D eigenvalue weighted by molar-refractivity contribution is 6.07. The molecule has 1 aromatic heterocycles. The van der Waals surface area contributed by atoms with Gasteiger partial charge in [0.25, 0.3) is 0 Å². The first-order valence-electron chi connectivity index (χ1n) is 8.07. The number of hydrogen-bond acceptors (Lipinski definition) is 1. The molecule has 0 bridgehead atoms. The van der Waals surface area contributed by atoms with Crippen LogP contribution in [0.5, 0.6) is 0 Å². The van der Waals surface area contributed by atoms with Crippen molar-refractivity contribution < 1.29 is 0 Å². The molecule has 2 nitrogen and oxygen atoms in total. The number of aromatic nitrogens is 1. The van der Waals surface area contributed by atoms with Crippen LogP contribution < -0.4 is 5.32 Å². The molecule has 0 radical (unpaired) electrons. The maximum absolute atomic E-state index is 3.63. The number of fused-ring (bicyclic) bond motifs is 3. The second-order valence-corrected chi connectivity index (χ2v) is 5.73. The standard InChI is InChI=1S/C19H24N2/c1-3-5-9-17(20-4-2)14-11-12-19-16(13-14)15-8-6-7-10-18(15)21-19/h6-8,10-13,17,20-21H,3-5,9H2,1-2H3. The minimum atomic E-state index is 0.466. The maximum Gasteiger partial charge on any atom is 0.0465 e. The predicted molar refractivity (Wildman–Crippen MR) is 91.7 cm³/mol. The summed E-state index contributed by atoms with van der Waals surface area (Å²) >= 11 is 0. The average molecular weight is 280 g/mol. The number of nitrogens with one attached hydrogen (secondary N) is 2. The zero-order chi connectivity index (χ0) is 14.7. The number of hydrogen-bond donors (Lipinski definition) is 2. The first-order valence-corrected chi connectivity index (χ1v) is 8.07. The molecule has 2 N–H and O–H groups in total. The van der Waals surface area contributed by atoms with E-state index in [0.717, 1.165) is 6.54 Å². The molecule has 1 unspecified atom stereocenters. The summed E-state index contributed by atoms with van der Waals surface area (Å²) in [6.45, 7) is 5.45. The van der Waals surface area contributed by atoms with Crippen LogP contribution in [0, 0.1) is 0 Å². The Morgan fingerprint density at radius 3 is 2.62 bits per heavy atom. The number of rotatable bonds is 6. The van der Waals surface area contributed by atoms with Gasteiger partial charge in [-0.1, -0.05) is 51.0 Å². The fraction of sp³-hybridized carbons (Fsp3) is 0.368. The molecule has 0 aliphatic heterocycles. The van der Waals surface area contributed by atoms with Gasteiger partial charge in [0, 0.05) is 27.8 Å². The van der Waals surface area contributed by atoms with E-state index in [4.69, 9.17) is 0 Å². The van der Waals surface area contributed by atoms with Crippen LogP contribution in [-0.2, 0) is 0 Å². The van der Waals surface area contributed by atoms with Crippen molar-refractivity contribution >= 4 is 21.8 Å². The van der Waals surface area contributed by atoms with Crippen LogP contribution >= 0.6 is 0 Å². The van der Waals surface area contributed by atoms with Crippen LogP contribution in [0.3, 0.4) is 0 Å². The van der Waals surface area contributed by atoms with Crippen molar-refractivity contribution in [1.29, 1.82) is 0 Å². The molecule has 21 heavy (non-hydrogen) atoms. The monoisotopic (exact) mass is 280 g/mol. The van der Waals surface area contributed by atoms with Gasteiger partial charge in [-0.2, -0.15) is 0 Å². The Morgan fingerprint density at radius 2 is 1.81 bits per heavy atom. The summed E-state index contributed by atoms with van der Waals surface area (Å²) in [7, 11) is 0. The molecule has 1 heterocycles. The third kappa shape index (κ3) is 2.81. The Kier molecular flexibility index (Phi) is 4.26. The van der Waals surface area contributed by atoms with Gasteiger partial charge in [-0.25, -0.2) is 0 Å². The highest BCUT2D eigenvalue weighted by Gasteiger charge is 2.12. The van der Waals surface area contributed by atoms with Gasteiger partial charge in [-0.15, -0.1) is 0 Å². The van der Waals surface area contributed by atoms with Crippen molar-refractivity contribution in [3.63, 3.8) is 0 Å². The summed E-state index contributed by atoms with van der Waals surface area (Å²) in [5.74, 6) is 0. The van der Waals surface area contributed by atoms with E-state index in [2.05, 4.69) is 66.6 Å². The molecule has 2 heteroatoms. The zero-order valence-electron chi connectivity index (χ0n) is 12.9. The Bertz CT molecular complexity index is 727. The third-order valence-electron chi connectivity index (χ3n) is 4.23. The third-order valence-corrected chi connectivity index (χ3v) is 4.23. The Balaban J connectivity index is 2.03. The van der Waals surface area contributed by atoms with Crippen LogP contribution in [0.2, 0.25) is 0 Å². The lowest BCUT2D eigenvalue weighted by atomic mass is 9.99. The fourth-order valence-corrected chi connectivity index (χ4v) is 3.12. The summed E-state index contributed by atoms with van der Waals surface area (Å²) in [4.78, 5) is 3.50. The van der Waals surface area contributed by atoms with Crippen molar-refractivity contribution in [2.24, 2.45) is 0 Å². The van der Waals surface area contributed by atoms with E-state index in [1.807, 2.05) is 0 Å². The van der Waals surface area contributed by atoms with Crippen LogP contribution in [0.15, 0.2) is 42.5 Å². The van der Waals surface area contributed by atoms with E-state index >= 15 is 0 Å². The Labute approximate surface area is 126 Å². The van der Waals surface area contributed by atoms with E-state index in [-0.39, 0.29) is 0 Å². The topological polar surface area (TPSA) is 27.8 Å². The predicted octanol–water partition coefficient (Wildman–Crippen LogP) is 5.16. The van der Waals surface area contributed by atoms with Crippen LogP contribution in [0.25, 0.3) is 21.8 Å².